The molecule has 1 fully saturated rings. The number of esters is 2. The summed E-state index contributed by atoms with van der Waals surface area (Å²) in [4.78, 5) is 24.4. The Morgan fingerprint density at radius 1 is 1.22 bits per heavy atom. The van der Waals surface area contributed by atoms with Crippen LogP contribution >= 0.6 is 0 Å². The molecule has 18 heavy (non-hydrogen) atoms. The molecule has 0 saturated heterocycles. The summed E-state index contributed by atoms with van der Waals surface area (Å²) in [7, 11) is 2.55. The van der Waals surface area contributed by atoms with Crippen LogP contribution in [0.4, 0.5) is 0 Å². The summed E-state index contributed by atoms with van der Waals surface area (Å²) < 4.78 is 9.68. The van der Waals surface area contributed by atoms with Gasteiger partial charge in [0, 0.05) is 5.41 Å². The van der Waals surface area contributed by atoms with Gasteiger partial charge in [-0.1, -0.05) is 18.6 Å². The largest absolute Gasteiger partial charge is 0.468 e. The Balaban J connectivity index is 3.36. The van der Waals surface area contributed by atoms with Crippen LogP contribution in [-0.4, -0.2) is 26.2 Å². The highest BCUT2D eigenvalue weighted by molar-refractivity contribution is 6.01. The van der Waals surface area contributed by atoms with Gasteiger partial charge >= 0.3 is 11.9 Å². The van der Waals surface area contributed by atoms with E-state index in [1.165, 1.54) is 14.2 Å². The minimum Gasteiger partial charge on any atom is -0.468 e. The zero-order valence-corrected chi connectivity index (χ0v) is 11.0. The fourth-order valence-corrected chi connectivity index (χ4v) is 2.79. The normalized spacial score (nSPS) is 17.2. The van der Waals surface area contributed by atoms with E-state index in [1.54, 1.807) is 12.2 Å². The highest BCUT2D eigenvalue weighted by Crippen LogP contribution is 2.57. The summed E-state index contributed by atoms with van der Waals surface area (Å²) in [6.45, 7) is 7.42. The van der Waals surface area contributed by atoms with Gasteiger partial charge in [0.1, 0.15) is 0 Å². The Hall–Kier alpha value is -1.58. The molecule has 1 aliphatic carbocycles. The molecular formula is C14H20O4. The molecule has 0 N–H and O–H groups in total. The molecule has 0 unspecified atom stereocenters. The molecule has 4 nitrogen and oxygen atoms in total. The van der Waals surface area contributed by atoms with Gasteiger partial charge in [-0.2, -0.15) is 0 Å². The lowest BCUT2D eigenvalue weighted by Crippen LogP contribution is -2.56. The Morgan fingerprint density at radius 3 is 1.94 bits per heavy atom. The number of allylic oxidation sites excluding steroid dienone is 2. The van der Waals surface area contributed by atoms with Crippen LogP contribution < -0.4 is 0 Å². The minimum atomic E-state index is -1.35. The van der Waals surface area contributed by atoms with Crippen LogP contribution in [0.2, 0.25) is 0 Å². The first kappa shape index (κ1) is 14.5. The molecule has 0 aromatic heterocycles. The fraction of sp³-hybridized carbons (Fsp3) is 0.571. The van der Waals surface area contributed by atoms with Crippen molar-refractivity contribution < 1.29 is 19.1 Å². The monoisotopic (exact) mass is 252 g/mol. The molecule has 4 heteroatoms. The van der Waals surface area contributed by atoms with E-state index in [2.05, 4.69) is 13.2 Å². The number of methoxy groups -OCH3 is 2. The summed E-state index contributed by atoms with van der Waals surface area (Å²) in [6, 6.07) is 0. The molecule has 0 aromatic carbocycles. The van der Waals surface area contributed by atoms with E-state index in [0.717, 1.165) is 19.3 Å². The van der Waals surface area contributed by atoms with Gasteiger partial charge in [0.05, 0.1) is 14.2 Å². The van der Waals surface area contributed by atoms with Crippen molar-refractivity contribution in [1.29, 1.82) is 0 Å². The zero-order valence-electron chi connectivity index (χ0n) is 11.0. The first-order valence-corrected chi connectivity index (χ1v) is 5.96. The highest BCUT2D eigenvalue weighted by atomic mass is 16.5. The molecule has 0 amide bonds. The summed E-state index contributed by atoms with van der Waals surface area (Å²) >= 11 is 0. The molecule has 0 bridgehead atoms. The first-order valence-electron chi connectivity index (χ1n) is 5.96. The summed E-state index contributed by atoms with van der Waals surface area (Å²) in [6.07, 6.45) is 5.85. The van der Waals surface area contributed by atoms with Crippen molar-refractivity contribution in [1.82, 2.24) is 0 Å². The Labute approximate surface area is 108 Å². The number of hydrogen-bond acceptors (Lipinski definition) is 4. The lowest BCUT2D eigenvalue weighted by atomic mass is 9.51. The van der Waals surface area contributed by atoms with E-state index >= 15 is 0 Å². The second kappa shape index (κ2) is 5.38. The van der Waals surface area contributed by atoms with Gasteiger partial charge in [0.25, 0.3) is 0 Å². The van der Waals surface area contributed by atoms with E-state index in [1.807, 2.05) is 0 Å². The average Bonchev–Trinajstić information content (AvgIpc) is 2.34. The molecule has 0 spiro atoms. The van der Waals surface area contributed by atoms with Crippen LogP contribution in [-0.2, 0) is 19.1 Å². The van der Waals surface area contributed by atoms with Crippen LogP contribution in [0.5, 0.6) is 0 Å². The van der Waals surface area contributed by atoms with E-state index in [9.17, 15) is 9.59 Å². The predicted octanol–water partition coefficient (Wildman–Crippen LogP) is 2.25. The van der Waals surface area contributed by atoms with Crippen LogP contribution in [0.15, 0.2) is 25.3 Å². The first-order chi connectivity index (χ1) is 8.54. The molecule has 100 valence electrons. The number of ether oxygens (including phenoxy) is 2. The van der Waals surface area contributed by atoms with Crippen molar-refractivity contribution in [3.8, 4) is 0 Å². The third-order valence-electron chi connectivity index (χ3n) is 4.00. The molecule has 0 aromatic rings. The van der Waals surface area contributed by atoms with E-state index in [4.69, 9.17) is 9.47 Å². The Morgan fingerprint density at radius 2 is 1.72 bits per heavy atom. The van der Waals surface area contributed by atoms with Crippen molar-refractivity contribution in [2.45, 2.75) is 25.7 Å². The van der Waals surface area contributed by atoms with Crippen molar-refractivity contribution in [2.75, 3.05) is 14.2 Å². The SMILES string of the molecule is C=CCC(C(=O)OC)(C(=O)OC)C1(C=C)CCC1. The molecular weight excluding hydrogens is 232 g/mol. The summed E-state index contributed by atoms with van der Waals surface area (Å²) in [5.74, 6) is -1.15. The Kier molecular flexibility index (Phi) is 4.33. The molecule has 1 rings (SSSR count). The van der Waals surface area contributed by atoms with Gasteiger partial charge in [0.2, 0.25) is 0 Å². The predicted molar refractivity (Wildman–Crippen MR) is 67.8 cm³/mol. The van der Waals surface area contributed by atoms with Gasteiger partial charge in [-0.05, 0) is 19.3 Å². The third kappa shape index (κ3) is 1.76. The number of rotatable bonds is 6. The zero-order chi connectivity index (χ0) is 13.8. The van der Waals surface area contributed by atoms with Crippen molar-refractivity contribution >= 4 is 11.9 Å². The fourth-order valence-electron chi connectivity index (χ4n) is 2.79. The van der Waals surface area contributed by atoms with Gasteiger partial charge in [-0.25, -0.2) is 0 Å². The maximum absolute atomic E-state index is 12.2. The van der Waals surface area contributed by atoms with Gasteiger partial charge in [0.15, 0.2) is 5.41 Å². The number of hydrogen-bond donors (Lipinski definition) is 0. The second-order valence-electron chi connectivity index (χ2n) is 4.60. The van der Waals surface area contributed by atoms with Crippen LogP contribution in [0.1, 0.15) is 25.7 Å². The maximum atomic E-state index is 12.2. The Bertz CT molecular complexity index is 350. The molecule has 0 heterocycles. The number of carbonyl (C=O) groups is 2. The smallest absolute Gasteiger partial charge is 0.324 e. The van der Waals surface area contributed by atoms with E-state index in [0.29, 0.717) is 0 Å². The van der Waals surface area contributed by atoms with Gasteiger partial charge in [-0.3, -0.25) is 9.59 Å². The van der Waals surface area contributed by atoms with Crippen molar-refractivity contribution in [2.24, 2.45) is 10.8 Å². The highest BCUT2D eigenvalue weighted by Gasteiger charge is 2.63. The third-order valence-corrected chi connectivity index (χ3v) is 4.00. The lowest BCUT2D eigenvalue weighted by Gasteiger charge is -2.50. The second-order valence-corrected chi connectivity index (χ2v) is 4.60. The standard InChI is InChI=1S/C14H20O4/c1-5-8-14(11(15)17-3,12(16)18-4)13(6-2)9-7-10-13/h5-6H,1-2,7-10H2,3-4H3. The average molecular weight is 252 g/mol. The van der Waals surface area contributed by atoms with Crippen molar-refractivity contribution in [3.05, 3.63) is 25.3 Å². The molecule has 0 atom stereocenters. The summed E-state index contributed by atoms with van der Waals surface area (Å²) in [5.41, 5.74) is -1.93. The topological polar surface area (TPSA) is 52.6 Å². The molecule has 0 radical (unpaired) electrons. The van der Waals surface area contributed by atoms with Crippen LogP contribution in [0.3, 0.4) is 0 Å². The molecule has 0 aliphatic heterocycles. The number of carbonyl (C=O) groups excluding carboxylic acids is 2. The van der Waals surface area contributed by atoms with E-state index < -0.39 is 22.8 Å². The van der Waals surface area contributed by atoms with Crippen molar-refractivity contribution in [3.63, 3.8) is 0 Å². The molecule has 1 saturated carbocycles. The summed E-state index contributed by atoms with van der Waals surface area (Å²) in [5, 5.41) is 0. The van der Waals surface area contributed by atoms with Crippen LogP contribution in [0, 0.1) is 10.8 Å². The van der Waals surface area contributed by atoms with Gasteiger partial charge < -0.3 is 9.47 Å². The van der Waals surface area contributed by atoms with E-state index in [-0.39, 0.29) is 6.42 Å². The van der Waals surface area contributed by atoms with Gasteiger partial charge in [-0.15, -0.1) is 13.2 Å². The maximum Gasteiger partial charge on any atom is 0.324 e. The lowest BCUT2D eigenvalue weighted by molar-refractivity contribution is -0.182. The van der Waals surface area contributed by atoms with Crippen LogP contribution in [0.25, 0.3) is 0 Å². The quantitative estimate of drug-likeness (QED) is 0.413. The molecule has 1 aliphatic rings. The minimum absolute atomic E-state index is 0.193.